The Balaban J connectivity index is 2.30. The smallest absolute Gasteiger partial charge is 0.303 e. The van der Waals surface area contributed by atoms with Gasteiger partial charge >= 0.3 is 5.97 Å². The number of aryl methyl sites for hydroxylation is 1. The van der Waals surface area contributed by atoms with Gasteiger partial charge in [-0.05, 0) is 37.6 Å². The second-order valence-electron chi connectivity index (χ2n) is 5.20. The van der Waals surface area contributed by atoms with Gasteiger partial charge in [0.15, 0.2) is 0 Å². The molecular weight excluding hydrogens is 348 g/mol. The summed E-state index contributed by atoms with van der Waals surface area (Å²) in [4.78, 5) is 29.2. The van der Waals surface area contributed by atoms with Crippen LogP contribution in [0.15, 0.2) is 28.7 Å². The first kappa shape index (κ1) is 16.4. The van der Waals surface area contributed by atoms with Crippen molar-refractivity contribution < 1.29 is 14.7 Å². The van der Waals surface area contributed by atoms with Crippen LogP contribution in [-0.4, -0.2) is 40.5 Å². The highest BCUT2D eigenvalue weighted by Gasteiger charge is 2.16. The van der Waals surface area contributed by atoms with Crippen LogP contribution < -0.4 is 0 Å². The minimum atomic E-state index is -0.852. The molecule has 6 heteroatoms. The van der Waals surface area contributed by atoms with Gasteiger partial charge in [-0.25, -0.2) is 0 Å². The predicted octanol–water partition coefficient (Wildman–Crippen LogP) is 3.24. The molecule has 0 atom stereocenters. The highest BCUT2D eigenvalue weighted by Crippen LogP contribution is 2.23. The van der Waals surface area contributed by atoms with Gasteiger partial charge in [-0.1, -0.05) is 15.9 Å². The van der Waals surface area contributed by atoms with Crippen LogP contribution in [0.5, 0.6) is 0 Å². The van der Waals surface area contributed by atoms with Crippen molar-refractivity contribution in [1.29, 1.82) is 0 Å². The van der Waals surface area contributed by atoms with Gasteiger partial charge in [0.1, 0.15) is 0 Å². The Morgan fingerprint density at radius 3 is 2.73 bits per heavy atom. The predicted molar refractivity (Wildman–Crippen MR) is 88.0 cm³/mol. The van der Waals surface area contributed by atoms with E-state index in [1.165, 1.54) is 0 Å². The first-order valence-corrected chi connectivity index (χ1v) is 7.72. The third kappa shape index (κ3) is 3.82. The van der Waals surface area contributed by atoms with Gasteiger partial charge in [-0.15, -0.1) is 0 Å². The van der Waals surface area contributed by atoms with Crippen molar-refractivity contribution in [3.05, 3.63) is 40.0 Å². The van der Waals surface area contributed by atoms with Crippen molar-refractivity contribution in [2.45, 2.75) is 19.8 Å². The fraction of sp³-hybridized carbons (Fsp3) is 0.312. The van der Waals surface area contributed by atoms with Gasteiger partial charge in [-0.3, -0.25) is 14.6 Å². The van der Waals surface area contributed by atoms with Crippen LogP contribution in [0.25, 0.3) is 10.9 Å². The summed E-state index contributed by atoms with van der Waals surface area (Å²) < 4.78 is 0.883. The Morgan fingerprint density at radius 1 is 1.32 bits per heavy atom. The summed E-state index contributed by atoms with van der Waals surface area (Å²) in [6.07, 6.45) is 0.489. The van der Waals surface area contributed by atoms with E-state index in [2.05, 4.69) is 20.9 Å². The summed E-state index contributed by atoms with van der Waals surface area (Å²) >= 11 is 3.41. The first-order valence-electron chi connectivity index (χ1n) is 6.92. The van der Waals surface area contributed by atoms with Crippen molar-refractivity contribution in [3.8, 4) is 0 Å². The number of hydrogen-bond acceptors (Lipinski definition) is 3. The third-order valence-electron chi connectivity index (χ3n) is 3.36. The van der Waals surface area contributed by atoms with Gasteiger partial charge in [0, 0.05) is 35.6 Å². The van der Waals surface area contributed by atoms with Crippen LogP contribution in [0, 0.1) is 6.92 Å². The molecule has 1 amide bonds. The highest BCUT2D eigenvalue weighted by atomic mass is 79.9. The molecule has 2 aromatic rings. The number of carbonyl (C=O) groups is 2. The lowest BCUT2D eigenvalue weighted by molar-refractivity contribution is -0.137. The quantitative estimate of drug-likeness (QED) is 0.883. The maximum atomic E-state index is 12.6. The number of carboxylic acids is 1. The molecular formula is C16H17BrN2O3. The van der Waals surface area contributed by atoms with Crippen LogP contribution >= 0.6 is 15.9 Å². The van der Waals surface area contributed by atoms with E-state index in [0.717, 1.165) is 21.1 Å². The molecule has 0 saturated carbocycles. The molecule has 0 aliphatic heterocycles. The summed E-state index contributed by atoms with van der Waals surface area (Å²) in [6, 6.07) is 7.40. The Bertz CT molecular complexity index is 731. The van der Waals surface area contributed by atoms with Crippen molar-refractivity contribution in [3.63, 3.8) is 0 Å². The molecule has 0 aliphatic rings. The summed E-state index contributed by atoms with van der Waals surface area (Å²) in [5, 5.41) is 9.46. The van der Waals surface area contributed by atoms with E-state index in [-0.39, 0.29) is 12.3 Å². The first-order chi connectivity index (χ1) is 10.4. The summed E-state index contributed by atoms with van der Waals surface area (Å²) in [6.45, 7) is 2.25. The van der Waals surface area contributed by atoms with E-state index < -0.39 is 5.97 Å². The number of aliphatic carboxylic acids is 1. The molecule has 0 saturated heterocycles. The maximum Gasteiger partial charge on any atom is 0.303 e. The molecule has 0 aliphatic carbocycles. The molecule has 0 radical (unpaired) electrons. The minimum absolute atomic E-state index is 0.0549. The molecule has 1 N–H and O–H groups in total. The molecule has 0 unspecified atom stereocenters. The Hall–Kier alpha value is -1.95. The molecule has 1 aromatic heterocycles. The molecule has 0 fully saturated rings. The zero-order chi connectivity index (χ0) is 16.3. The number of rotatable bonds is 5. The second kappa shape index (κ2) is 6.87. The number of pyridine rings is 1. The lowest BCUT2D eigenvalue weighted by Gasteiger charge is -2.18. The molecule has 0 bridgehead atoms. The topological polar surface area (TPSA) is 70.5 Å². The van der Waals surface area contributed by atoms with Crippen LogP contribution in [-0.2, 0) is 4.79 Å². The van der Waals surface area contributed by atoms with Gasteiger partial charge in [0.25, 0.3) is 5.91 Å². The average Bonchev–Trinajstić information content (AvgIpc) is 2.45. The molecule has 5 nitrogen and oxygen atoms in total. The number of benzene rings is 1. The fourth-order valence-electron chi connectivity index (χ4n) is 2.28. The molecule has 1 heterocycles. The second-order valence-corrected chi connectivity index (χ2v) is 6.11. The van der Waals surface area contributed by atoms with E-state index in [0.29, 0.717) is 18.5 Å². The summed E-state index contributed by atoms with van der Waals surface area (Å²) in [5.41, 5.74) is 2.13. The number of amides is 1. The molecule has 116 valence electrons. The van der Waals surface area contributed by atoms with E-state index in [1.807, 2.05) is 25.1 Å². The summed E-state index contributed by atoms with van der Waals surface area (Å²) in [7, 11) is 1.68. The SMILES string of the molecule is Cc1cc(C(=O)N(C)CCCC(=O)O)c2cc(Br)ccc2n1. The standard InChI is InChI=1S/C16H17BrN2O3/c1-10-8-13(12-9-11(17)5-6-14(12)18-10)16(22)19(2)7-3-4-15(20)21/h5-6,8-9H,3-4,7H2,1-2H3,(H,20,21). The number of carboxylic acid groups (broad SMARTS) is 1. The van der Waals surface area contributed by atoms with Crippen LogP contribution in [0.1, 0.15) is 28.9 Å². The van der Waals surface area contributed by atoms with Crippen LogP contribution in [0.4, 0.5) is 0 Å². The fourth-order valence-corrected chi connectivity index (χ4v) is 2.64. The number of halogens is 1. The molecule has 22 heavy (non-hydrogen) atoms. The largest absolute Gasteiger partial charge is 0.481 e. The zero-order valence-corrected chi connectivity index (χ0v) is 14.1. The van der Waals surface area contributed by atoms with Crippen molar-refractivity contribution >= 4 is 38.7 Å². The normalized spacial score (nSPS) is 10.7. The Morgan fingerprint density at radius 2 is 2.05 bits per heavy atom. The van der Waals surface area contributed by atoms with Gasteiger partial charge in [0.2, 0.25) is 0 Å². The lowest BCUT2D eigenvalue weighted by atomic mass is 10.1. The number of nitrogens with zero attached hydrogens (tertiary/aromatic N) is 2. The molecule has 2 rings (SSSR count). The number of carbonyl (C=O) groups excluding carboxylic acids is 1. The van der Waals surface area contributed by atoms with Crippen molar-refractivity contribution in [2.75, 3.05) is 13.6 Å². The average molecular weight is 365 g/mol. The molecule has 1 aromatic carbocycles. The van der Waals surface area contributed by atoms with E-state index in [4.69, 9.17) is 5.11 Å². The highest BCUT2D eigenvalue weighted by molar-refractivity contribution is 9.10. The number of aromatic nitrogens is 1. The van der Waals surface area contributed by atoms with Crippen LogP contribution in [0.3, 0.4) is 0 Å². The Labute approximate surface area is 137 Å². The monoisotopic (exact) mass is 364 g/mol. The summed E-state index contributed by atoms with van der Waals surface area (Å²) in [5.74, 6) is -0.978. The van der Waals surface area contributed by atoms with Crippen LogP contribution in [0.2, 0.25) is 0 Å². The minimum Gasteiger partial charge on any atom is -0.481 e. The van der Waals surface area contributed by atoms with Gasteiger partial charge in [0.05, 0.1) is 11.1 Å². The maximum absolute atomic E-state index is 12.6. The zero-order valence-electron chi connectivity index (χ0n) is 12.5. The van der Waals surface area contributed by atoms with E-state index >= 15 is 0 Å². The van der Waals surface area contributed by atoms with E-state index in [9.17, 15) is 9.59 Å². The Kier molecular flexibility index (Phi) is 5.13. The van der Waals surface area contributed by atoms with E-state index in [1.54, 1.807) is 18.0 Å². The van der Waals surface area contributed by atoms with Gasteiger partial charge in [-0.2, -0.15) is 0 Å². The molecule has 0 spiro atoms. The van der Waals surface area contributed by atoms with Crippen molar-refractivity contribution in [2.24, 2.45) is 0 Å². The number of fused-ring (bicyclic) bond motifs is 1. The van der Waals surface area contributed by atoms with Crippen molar-refractivity contribution in [1.82, 2.24) is 9.88 Å². The lowest BCUT2D eigenvalue weighted by Crippen LogP contribution is -2.28. The number of hydrogen-bond donors (Lipinski definition) is 1. The third-order valence-corrected chi connectivity index (χ3v) is 3.85. The van der Waals surface area contributed by atoms with Gasteiger partial charge < -0.3 is 10.0 Å².